The third kappa shape index (κ3) is 1.97. The molecule has 54 valence electrons. The quantitative estimate of drug-likeness (QED) is 0.579. The summed E-state index contributed by atoms with van der Waals surface area (Å²) in [6.45, 7) is 0. The van der Waals surface area contributed by atoms with Gasteiger partial charge in [0.15, 0.2) is 0 Å². The van der Waals surface area contributed by atoms with Gasteiger partial charge in [0.25, 0.3) is 0 Å². The van der Waals surface area contributed by atoms with Crippen molar-refractivity contribution < 1.29 is 0 Å². The fourth-order valence-corrected chi connectivity index (χ4v) is 1.56. The molecule has 0 bridgehead atoms. The first kappa shape index (κ1) is 8.56. The SMILES string of the molecule is CSc1ccc(Br)c(Br)n1. The van der Waals surface area contributed by atoms with Crippen LogP contribution in [0.2, 0.25) is 0 Å². The standard InChI is InChI=1S/C6H5Br2NS/c1-10-5-3-2-4(7)6(8)9-5/h2-3H,1H3. The number of halogens is 2. The second-order valence-electron chi connectivity index (χ2n) is 1.63. The molecule has 1 heterocycles. The van der Waals surface area contributed by atoms with Gasteiger partial charge in [-0.3, -0.25) is 0 Å². The molecule has 1 aromatic heterocycles. The second-order valence-corrected chi connectivity index (χ2v) is 4.06. The Kier molecular flexibility index (Phi) is 3.20. The number of hydrogen-bond donors (Lipinski definition) is 0. The summed E-state index contributed by atoms with van der Waals surface area (Å²) in [5.41, 5.74) is 0. The Morgan fingerprint density at radius 3 is 2.60 bits per heavy atom. The average Bonchev–Trinajstić information content (AvgIpc) is 1.95. The molecular weight excluding hydrogens is 278 g/mol. The molecule has 0 aliphatic carbocycles. The summed E-state index contributed by atoms with van der Waals surface area (Å²) in [6, 6.07) is 3.95. The van der Waals surface area contributed by atoms with Crippen molar-refractivity contribution in [2.45, 2.75) is 5.03 Å². The van der Waals surface area contributed by atoms with Crippen LogP contribution in [0.25, 0.3) is 0 Å². The lowest BCUT2D eigenvalue weighted by Gasteiger charge is -1.96. The van der Waals surface area contributed by atoms with Crippen LogP contribution in [0, 0.1) is 0 Å². The van der Waals surface area contributed by atoms with Gasteiger partial charge in [-0.2, -0.15) is 0 Å². The second kappa shape index (κ2) is 3.74. The van der Waals surface area contributed by atoms with E-state index in [-0.39, 0.29) is 0 Å². The van der Waals surface area contributed by atoms with Crippen molar-refractivity contribution in [3.05, 3.63) is 21.2 Å². The lowest BCUT2D eigenvalue weighted by Crippen LogP contribution is -1.79. The van der Waals surface area contributed by atoms with Gasteiger partial charge in [-0.05, 0) is 50.2 Å². The van der Waals surface area contributed by atoms with Gasteiger partial charge in [0, 0.05) is 0 Å². The summed E-state index contributed by atoms with van der Waals surface area (Å²) < 4.78 is 1.85. The Morgan fingerprint density at radius 1 is 1.40 bits per heavy atom. The van der Waals surface area contributed by atoms with E-state index in [1.807, 2.05) is 18.4 Å². The summed E-state index contributed by atoms with van der Waals surface area (Å²) in [4.78, 5) is 4.22. The molecular formula is C6H5Br2NS. The molecule has 0 unspecified atom stereocenters. The minimum atomic E-state index is 0.861. The molecule has 0 aliphatic heterocycles. The molecule has 1 aromatic rings. The molecule has 10 heavy (non-hydrogen) atoms. The van der Waals surface area contributed by atoms with E-state index < -0.39 is 0 Å². The van der Waals surface area contributed by atoms with E-state index in [2.05, 4.69) is 36.8 Å². The normalized spacial score (nSPS) is 9.90. The van der Waals surface area contributed by atoms with Gasteiger partial charge in [0.2, 0.25) is 0 Å². The van der Waals surface area contributed by atoms with Crippen molar-refractivity contribution >= 4 is 43.6 Å². The molecule has 0 atom stereocenters. The van der Waals surface area contributed by atoms with Gasteiger partial charge in [-0.1, -0.05) is 0 Å². The summed E-state index contributed by atoms with van der Waals surface area (Å²) in [5.74, 6) is 0. The van der Waals surface area contributed by atoms with Crippen LogP contribution in [-0.4, -0.2) is 11.2 Å². The van der Waals surface area contributed by atoms with Crippen LogP contribution in [-0.2, 0) is 0 Å². The predicted octanol–water partition coefficient (Wildman–Crippen LogP) is 3.33. The van der Waals surface area contributed by atoms with E-state index in [0.717, 1.165) is 14.1 Å². The third-order valence-electron chi connectivity index (χ3n) is 0.987. The Labute approximate surface area is 80.9 Å². The van der Waals surface area contributed by atoms with Gasteiger partial charge < -0.3 is 0 Å². The fourth-order valence-electron chi connectivity index (χ4n) is 0.514. The molecule has 0 saturated carbocycles. The molecule has 1 nitrogen and oxygen atoms in total. The maximum Gasteiger partial charge on any atom is 0.121 e. The Hall–Kier alpha value is 0.460. The fraction of sp³-hybridized carbons (Fsp3) is 0.167. The van der Waals surface area contributed by atoms with Crippen LogP contribution in [0.5, 0.6) is 0 Å². The zero-order chi connectivity index (χ0) is 7.56. The summed E-state index contributed by atoms with van der Waals surface area (Å²) in [6.07, 6.45) is 2.00. The maximum absolute atomic E-state index is 4.22. The predicted molar refractivity (Wildman–Crippen MR) is 51.4 cm³/mol. The van der Waals surface area contributed by atoms with Crippen molar-refractivity contribution in [2.24, 2.45) is 0 Å². The van der Waals surface area contributed by atoms with Gasteiger partial charge in [0.1, 0.15) is 4.60 Å². The number of rotatable bonds is 1. The summed E-state index contributed by atoms with van der Waals surface area (Å²) >= 11 is 8.29. The number of nitrogens with zero attached hydrogens (tertiary/aromatic N) is 1. The highest BCUT2D eigenvalue weighted by molar-refractivity contribution is 9.13. The Balaban J connectivity index is 3.04. The number of pyridine rings is 1. The van der Waals surface area contributed by atoms with Crippen LogP contribution < -0.4 is 0 Å². The van der Waals surface area contributed by atoms with Crippen LogP contribution in [0.3, 0.4) is 0 Å². The molecule has 0 spiro atoms. The van der Waals surface area contributed by atoms with Crippen molar-refractivity contribution in [1.29, 1.82) is 0 Å². The monoisotopic (exact) mass is 281 g/mol. The first-order valence-electron chi connectivity index (χ1n) is 2.60. The van der Waals surface area contributed by atoms with Crippen molar-refractivity contribution in [3.8, 4) is 0 Å². The lowest BCUT2D eigenvalue weighted by molar-refractivity contribution is 1.09. The van der Waals surface area contributed by atoms with Crippen molar-refractivity contribution in [3.63, 3.8) is 0 Å². The maximum atomic E-state index is 4.22. The third-order valence-corrected chi connectivity index (χ3v) is 3.41. The minimum Gasteiger partial charge on any atom is -0.233 e. The molecule has 0 amide bonds. The van der Waals surface area contributed by atoms with Crippen molar-refractivity contribution in [1.82, 2.24) is 4.98 Å². The molecule has 0 saturated heterocycles. The highest BCUT2D eigenvalue weighted by atomic mass is 79.9. The van der Waals surface area contributed by atoms with Crippen molar-refractivity contribution in [2.75, 3.05) is 6.26 Å². The number of thioether (sulfide) groups is 1. The average molecular weight is 283 g/mol. The first-order valence-corrected chi connectivity index (χ1v) is 5.41. The first-order chi connectivity index (χ1) is 4.74. The van der Waals surface area contributed by atoms with E-state index in [1.165, 1.54) is 0 Å². The molecule has 0 N–H and O–H groups in total. The highest BCUT2D eigenvalue weighted by Crippen LogP contribution is 2.23. The number of aromatic nitrogens is 1. The van der Waals surface area contributed by atoms with E-state index in [1.54, 1.807) is 11.8 Å². The molecule has 1 rings (SSSR count). The van der Waals surface area contributed by atoms with Crippen LogP contribution >= 0.6 is 43.6 Å². The lowest BCUT2D eigenvalue weighted by atomic mass is 10.5. The van der Waals surface area contributed by atoms with Gasteiger partial charge in [-0.15, -0.1) is 11.8 Å². The molecule has 0 fully saturated rings. The summed E-state index contributed by atoms with van der Waals surface area (Å²) in [7, 11) is 0. The van der Waals surface area contributed by atoms with Crippen LogP contribution in [0.1, 0.15) is 0 Å². The van der Waals surface area contributed by atoms with E-state index in [9.17, 15) is 0 Å². The minimum absolute atomic E-state index is 0.861. The Bertz CT molecular complexity index is 239. The summed E-state index contributed by atoms with van der Waals surface area (Å²) in [5, 5.41) is 1.02. The van der Waals surface area contributed by atoms with E-state index in [0.29, 0.717) is 0 Å². The molecule has 4 heteroatoms. The van der Waals surface area contributed by atoms with Gasteiger partial charge >= 0.3 is 0 Å². The molecule has 0 aliphatic rings. The topological polar surface area (TPSA) is 12.9 Å². The molecule has 0 radical (unpaired) electrons. The van der Waals surface area contributed by atoms with Crippen LogP contribution in [0.15, 0.2) is 26.2 Å². The zero-order valence-corrected chi connectivity index (χ0v) is 9.25. The van der Waals surface area contributed by atoms with Crippen LogP contribution in [0.4, 0.5) is 0 Å². The number of hydrogen-bond acceptors (Lipinski definition) is 2. The molecule has 0 aromatic carbocycles. The smallest absolute Gasteiger partial charge is 0.121 e. The van der Waals surface area contributed by atoms with E-state index >= 15 is 0 Å². The Morgan fingerprint density at radius 2 is 2.10 bits per heavy atom. The van der Waals surface area contributed by atoms with Gasteiger partial charge in [-0.25, -0.2) is 4.98 Å². The van der Waals surface area contributed by atoms with Gasteiger partial charge in [0.05, 0.1) is 9.50 Å². The largest absolute Gasteiger partial charge is 0.233 e. The van der Waals surface area contributed by atoms with E-state index in [4.69, 9.17) is 0 Å². The highest BCUT2D eigenvalue weighted by Gasteiger charge is 1.97. The zero-order valence-electron chi connectivity index (χ0n) is 5.27.